The van der Waals surface area contributed by atoms with Gasteiger partial charge in [0.15, 0.2) is 0 Å². The molecule has 3 heterocycles. The largest absolute Gasteiger partial charge is 0.458 e. The van der Waals surface area contributed by atoms with Crippen LogP contribution >= 0.6 is 0 Å². The maximum atomic E-state index is 9.48. The van der Waals surface area contributed by atoms with Crippen LogP contribution in [-0.2, 0) is 0 Å². The van der Waals surface area contributed by atoms with Crippen LogP contribution in [0, 0.1) is 11.3 Å². The second-order valence-electron chi connectivity index (χ2n) is 7.68. The minimum Gasteiger partial charge on any atom is -0.458 e. The van der Waals surface area contributed by atoms with Gasteiger partial charge < -0.3 is 14.4 Å². The van der Waals surface area contributed by atoms with Crippen molar-refractivity contribution >= 4 is 40.2 Å². The number of ether oxygens (including phenoxy) is 2. The number of para-hydroxylation sites is 1. The Bertz CT molecular complexity index is 1350. The first-order valence-corrected chi connectivity index (χ1v) is 9.88. The highest BCUT2D eigenvalue weighted by Gasteiger charge is 2.47. The summed E-state index contributed by atoms with van der Waals surface area (Å²) in [6, 6.07) is 28.6. The van der Waals surface area contributed by atoms with Crippen LogP contribution in [0.4, 0.5) is 17.1 Å². The van der Waals surface area contributed by atoms with Crippen LogP contribution < -0.4 is 30.8 Å². The fourth-order valence-electron chi connectivity index (χ4n) is 4.99. The second kappa shape index (κ2) is 5.46. The van der Waals surface area contributed by atoms with Crippen molar-refractivity contribution < 1.29 is 9.47 Å². The lowest BCUT2D eigenvalue weighted by Gasteiger charge is -2.42. The van der Waals surface area contributed by atoms with Crippen molar-refractivity contribution in [2.75, 3.05) is 4.90 Å². The van der Waals surface area contributed by atoms with E-state index in [2.05, 4.69) is 47.4 Å². The van der Waals surface area contributed by atoms with Crippen LogP contribution in [0.2, 0.25) is 0 Å². The summed E-state index contributed by atoms with van der Waals surface area (Å²) in [5, 5.41) is 9.48. The van der Waals surface area contributed by atoms with E-state index in [0.717, 1.165) is 44.9 Å². The van der Waals surface area contributed by atoms with E-state index in [1.54, 1.807) is 0 Å². The Balaban J connectivity index is 1.61. The van der Waals surface area contributed by atoms with Crippen LogP contribution in [-0.4, -0.2) is 6.71 Å². The molecule has 0 bridgehead atoms. The van der Waals surface area contributed by atoms with Crippen LogP contribution in [0.3, 0.4) is 0 Å². The van der Waals surface area contributed by atoms with Crippen LogP contribution in [0.5, 0.6) is 23.0 Å². The highest BCUT2D eigenvalue weighted by Crippen LogP contribution is 2.45. The summed E-state index contributed by atoms with van der Waals surface area (Å²) < 4.78 is 12.6. The summed E-state index contributed by atoms with van der Waals surface area (Å²) in [4.78, 5) is 2.28. The first-order valence-electron chi connectivity index (χ1n) is 9.88. The third-order valence-electron chi connectivity index (χ3n) is 6.12. The second-order valence-corrected chi connectivity index (χ2v) is 7.68. The third kappa shape index (κ3) is 1.86. The Labute approximate surface area is 173 Å². The van der Waals surface area contributed by atoms with E-state index in [9.17, 15) is 5.26 Å². The molecule has 0 aliphatic carbocycles. The van der Waals surface area contributed by atoms with Gasteiger partial charge in [-0.15, -0.1) is 0 Å². The molecule has 4 aromatic rings. The number of anilines is 3. The van der Waals surface area contributed by atoms with E-state index in [1.807, 2.05) is 42.5 Å². The molecule has 0 radical (unpaired) electrons. The SMILES string of the molecule is N#Cc1cc2c3c(c1)Oc1cccc4c1B3c1c(cccc1N4c1ccccc1)O2. The van der Waals surface area contributed by atoms with Crippen LogP contribution in [0.1, 0.15) is 5.56 Å². The zero-order valence-corrected chi connectivity index (χ0v) is 15.8. The Morgan fingerprint density at radius 3 is 1.83 bits per heavy atom. The van der Waals surface area contributed by atoms with Crippen molar-refractivity contribution in [2.24, 2.45) is 0 Å². The van der Waals surface area contributed by atoms with Gasteiger partial charge in [0, 0.05) is 22.5 Å². The molecule has 0 atom stereocenters. The summed E-state index contributed by atoms with van der Waals surface area (Å²) in [6.07, 6.45) is 0. The van der Waals surface area contributed by atoms with Crippen LogP contribution in [0.15, 0.2) is 78.9 Å². The molecule has 0 spiro atoms. The van der Waals surface area contributed by atoms with Crippen molar-refractivity contribution in [2.45, 2.75) is 0 Å². The van der Waals surface area contributed by atoms with Gasteiger partial charge in [-0.1, -0.05) is 30.3 Å². The zero-order chi connectivity index (χ0) is 19.8. The summed E-state index contributed by atoms with van der Waals surface area (Å²) in [5.41, 5.74) is 7.12. The molecule has 4 nitrogen and oxygen atoms in total. The number of hydrogen-bond donors (Lipinski definition) is 0. The average Bonchev–Trinajstić information content (AvgIpc) is 2.79. The van der Waals surface area contributed by atoms with Gasteiger partial charge in [0.2, 0.25) is 0 Å². The smallest absolute Gasteiger partial charge is 0.266 e. The molecule has 7 rings (SSSR count). The molecule has 138 valence electrons. The van der Waals surface area contributed by atoms with Gasteiger partial charge in [-0.2, -0.15) is 5.26 Å². The molecular formula is C25H13BN2O2. The minimum absolute atomic E-state index is 0.0163. The lowest BCUT2D eigenvalue weighted by Crippen LogP contribution is -2.61. The number of nitriles is 1. The molecular weight excluding hydrogens is 371 g/mol. The fourth-order valence-corrected chi connectivity index (χ4v) is 4.99. The van der Waals surface area contributed by atoms with E-state index in [0.29, 0.717) is 17.1 Å². The number of benzene rings is 4. The monoisotopic (exact) mass is 384 g/mol. The Morgan fingerprint density at radius 2 is 1.27 bits per heavy atom. The maximum absolute atomic E-state index is 9.48. The van der Waals surface area contributed by atoms with Crippen LogP contribution in [0.25, 0.3) is 0 Å². The van der Waals surface area contributed by atoms with E-state index in [-0.39, 0.29) is 6.71 Å². The zero-order valence-electron chi connectivity index (χ0n) is 15.8. The lowest BCUT2D eigenvalue weighted by molar-refractivity contribution is 0.464. The summed E-state index contributed by atoms with van der Waals surface area (Å²) in [5.74, 6) is 3.06. The van der Waals surface area contributed by atoms with Crippen molar-refractivity contribution in [1.82, 2.24) is 0 Å². The number of rotatable bonds is 1. The molecule has 0 amide bonds. The summed E-state index contributed by atoms with van der Waals surface area (Å²) >= 11 is 0. The topological polar surface area (TPSA) is 45.5 Å². The molecule has 4 aromatic carbocycles. The first kappa shape index (κ1) is 15.7. The molecule has 0 fully saturated rings. The van der Waals surface area contributed by atoms with Gasteiger partial charge in [0.05, 0.1) is 11.6 Å². The fraction of sp³-hybridized carbons (Fsp3) is 0. The van der Waals surface area contributed by atoms with E-state index >= 15 is 0 Å². The number of nitrogens with zero attached hydrogens (tertiary/aromatic N) is 2. The van der Waals surface area contributed by atoms with Crippen molar-refractivity contribution in [3.05, 3.63) is 84.4 Å². The van der Waals surface area contributed by atoms with Crippen molar-refractivity contribution in [3.63, 3.8) is 0 Å². The normalized spacial score (nSPS) is 13.7. The Kier molecular flexibility index (Phi) is 2.86. The molecule has 3 aliphatic heterocycles. The van der Waals surface area contributed by atoms with Gasteiger partial charge in [-0.25, -0.2) is 0 Å². The molecule has 0 unspecified atom stereocenters. The Morgan fingerprint density at radius 1 is 0.667 bits per heavy atom. The van der Waals surface area contributed by atoms with Crippen molar-refractivity contribution in [3.8, 4) is 29.1 Å². The van der Waals surface area contributed by atoms with Gasteiger partial charge >= 0.3 is 0 Å². The first-order chi connectivity index (χ1) is 14.8. The average molecular weight is 384 g/mol. The van der Waals surface area contributed by atoms with Gasteiger partial charge in [-0.3, -0.25) is 0 Å². The molecule has 0 saturated carbocycles. The molecule has 5 heteroatoms. The molecule has 0 N–H and O–H groups in total. The molecule has 3 aliphatic rings. The van der Waals surface area contributed by atoms with Crippen molar-refractivity contribution in [1.29, 1.82) is 5.26 Å². The van der Waals surface area contributed by atoms with Gasteiger partial charge in [0.1, 0.15) is 23.0 Å². The van der Waals surface area contributed by atoms with E-state index in [4.69, 9.17) is 9.47 Å². The summed E-state index contributed by atoms with van der Waals surface area (Å²) in [7, 11) is 0. The standard InChI is InChI=1S/C25H13BN2O2/c27-14-15-12-21-25-22(13-15)30-20-11-5-9-18-24(20)26(25)23-17(8-4-10-19(23)29-21)28(18)16-6-2-1-3-7-16/h1-13H. The van der Waals surface area contributed by atoms with Gasteiger partial charge in [-0.05, 0) is 59.5 Å². The number of hydrogen-bond acceptors (Lipinski definition) is 4. The highest BCUT2D eigenvalue weighted by molar-refractivity contribution is 7.00. The maximum Gasteiger partial charge on any atom is 0.266 e. The predicted octanol–water partition coefficient (Wildman–Crippen LogP) is 4.07. The van der Waals surface area contributed by atoms with Gasteiger partial charge in [0.25, 0.3) is 6.71 Å². The third-order valence-corrected chi connectivity index (χ3v) is 6.12. The quantitative estimate of drug-likeness (QED) is 0.401. The minimum atomic E-state index is 0.0163. The highest BCUT2D eigenvalue weighted by atomic mass is 16.5. The summed E-state index contributed by atoms with van der Waals surface area (Å²) in [6.45, 7) is 0.0163. The Hall–Kier alpha value is -4.17. The predicted molar refractivity (Wildman–Crippen MR) is 117 cm³/mol. The molecule has 0 aromatic heterocycles. The lowest BCUT2D eigenvalue weighted by atomic mass is 9.33. The molecule has 30 heavy (non-hydrogen) atoms. The van der Waals surface area contributed by atoms with E-state index < -0.39 is 0 Å². The van der Waals surface area contributed by atoms with E-state index in [1.165, 1.54) is 0 Å². The molecule has 0 saturated heterocycles.